The average molecular weight is 483 g/mol. The van der Waals surface area contributed by atoms with Crippen molar-refractivity contribution in [1.29, 1.82) is 0 Å². The molecular formula is C23H20ClFN6O3. The zero-order valence-corrected chi connectivity index (χ0v) is 19.1. The number of nitrogens with one attached hydrogen (secondary N) is 1. The van der Waals surface area contributed by atoms with Crippen molar-refractivity contribution >= 4 is 29.0 Å². The Bertz CT molecular complexity index is 1380. The maximum atomic E-state index is 13.2. The van der Waals surface area contributed by atoms with Crippen LogP contribution in [0.4, 0.5) is 15.9 Å². The quantitative estimate of drug-likeness (QED) is 0.302. The highest BCUT2D eigenvalue weighted by atomic mass is 35.5. The highest BCUT2D eigenvalue weighted by Crippen LogP contribution is 2.23. The fraction of sp³-hybridized carbons (Fsp3) is 0.174. The van der Waals surface area contributed by atoms with Gasteiger partial charge in [-0.15, -0.1) is 0 Å². The Hall–Kier alpha value is -4.05. The fourth-order valence-electron chi connectivity index (χ4n) is 3.57. The molecular weight excluding hydrogens is 463 g/mol. The average Bonchev–Trinajstić information content (AvgIpc) is 3.33. The molecule has 11 heteroatoms. The van der Waals surface area contributed by atoms with E-state index in [4.69, 9.17) is 11.6 Å². The lowest BCUT2D eigenvalue weighted by Gasteiger charge is -2.07. The molecule has 0 unspecified atom stereocenters. The van der Waals surface area contributed by atoms with Gasteiger partial charge in [0.1, 0.15) is 17.2 Å². The molecule has 0 spiro atoms. The van der Waals surface area contributed by atoms with Gasteiger partial charge in [-0.25, -0.2) is 4.39 Å². The van der Waals surface area contributed by atoms with Crippen molar-refractivity contribution in [2.45, 2.75) is 26.9 Å². The molecule has 0 bridgehead atoms. The maximum Gasteiger partial charge on any atom is 0.312 e. The summed E-state index contributed by atoms with van der Waals surface area (Å²) >= 11 is 6.06. The van der Waals surface area contributed by atoms with Crippen LogP contribution in [0.1, 0.15) is 32.9 Å². The Labute approximate surface area is 198 Å². The standard InChI is InChI=1S/C23H20ClFN6O3/c1-14-22(31(33)34)15(2)30(27-14)12-16-3-5-17(6-4-16)23(32)26-21-9-10-29(28-21)13-18-7-8-19(25)11-20(18)24/h3-11H,12-13H2,1-2H3,(H,26,28,32). The van der Waals surface area contributed by atoms with Crippen molar-refractivity contribution in [2.75, 3.05) is 5.32 Å². The van der Waals surface area contributed by atoms with Crippen molar-refractivity contribution in [1.82, 2.24) is 19.6 Å². The Kier molecular flexibility index (Phi) is 6.42. The first kappa shape index (κ1) is 23.1. The summed E-state index contributed by atoms with van der Waals surface area (Å²) in [4.78, 5) is 23.4. The molecule has 1 amide bonds. The molecule has 0 aliphatic rings. The van der Waals surface area contributed by atoms with Crippen LogP contribution in [0.25, 0.3) is 0 Å². The number of aromatic nitrogens is 4. The van der Waals surface area contributed by atoms with Crippen LogP contribution in [0.3, 0.4) is 0 Å². The van der Waals surface area contributed by atoms with Gasteiger partial charge in [-0.1, -0.05) is 29.8 Å². The van der Waals surface area contributed by atoms with Crippen molar-refractivity contribution in [3.8, 4) is 0 Å². The Morgan fingerprint density at radius 2 is 1.85 bits per heavy atom. The molecule has 0 radical (unpaired) electrons. The number of halogens is 2. The number of hydrogen-bond acceptors (Lipinski definition) is 5. The maximum absolute atomic E-state index is 13.2. The number of hydrogen-bond donors (Lipinski definition) is 1. The van der Waals surface area contributed by atoms with E-state index in [1.165, 1.54) is 12.1 Å². The molecule has 2 aromatic heterocycles. The third-order valence-electron chi connectivity index (χ3n) is 5.30. The summed E-state index contributed by atoms with van der Waals surface area (Å²) in [5, 5.41) is 22.8. The molecule has 0 fully saturated rings. The number of aryl methyl sites for hydroxylation is 1. The summed E-state index contributed by atoms with van der Waals surface area (Å²) in [7, 11) is 0. The SMILES string of the molecule is Cc1nn(Cc2ccc(C(=O)Nc3ccn(Cc4ccc(F)cc4Cl)n3)cc2)c(C)c1[N+](=O)[O-]. The topological polar surface area (TPSA) is 108 Å². The van der Waals surface area contributed by atoms with Gasteiger partial charge in [-0.3, -0.25) is 24.3 Å². The van der Waals surface area contributed by atoms with E-state index >= 15 is 0 Å². The van der Waals surface area contributed by atoms with Gasteiger partial charge in [0.05, 0.1) is 18.0 Å². The number of anilines is 1. The van der Waals surface area contributed by atoms with E-state index in [1.807, 2.05) is 0 Å². The molecule has 4 rings (SSSR count). The molecule has 0 saturated heterocycles. The summed E-state index contributed by atoms with van der Waals surface area (Å²) in [5.41, 5.74) is 2.82. The van der Waals surface area contributed by atoms with Crippen LogP contribution in [0.15, 0.2) is 54.7 Å². The third kappa shape index (κ3) is 4.96. The molecule has 0 atom stereocenters. The lowest BCUT2D eigenvalue weighted by molar-refractivity contribution is -0.386. The van der Waals surface area contributed by atoms with Crippen LogP contribution in [0.5, 0.6) is 0 Å². The highest BCUT2D eigenvalue weighted by Gasteiger charge is 2.21. The minimum Gasteiger partial charge on any atom is -0.305 e. The lowest BCUT2D eigenvalue weighted by atomic mass is 10.1. The number of carbonyl (C=O) groups is 1. The van der Waals surface area contributed by atoms with Crippen LogP contribution < -0.4 is 5.32 Å². The minimum absolute atomic E-state index is 0.0112. The zero-order chi connectivity index (χ0) is 24.4. The summed E-state index contributed by atoms with van der Waals surface area (Å²) in [5.74, 6) is -0.384. The Morgan fingerprint density at radius 3 is 2.50 bits per heavy atom. The second kappa shape index (κ2) is 9.44. The molecule has 0 aliphatic heterocycles. The monoisotopic (exact) mass is 482 g/mol. The predicted octanol–water partition coefficient (Wildman–Crippen LogP) is 4.75. The van der Waals surface area contributed by atoms with Crippen molar-refractivity contribution in [3.63, 3.8) is 0 Å². The van der Waals surface area contributed by atoms with Crippen molar-refractivity contribution in [3.05, 3.63) is 104 Å². The second-order valence-electron chi connectivity index (χ2n) is 7.72. The van der Waals surface area contributed by atoms with Gasteiger partial charge in [0.15, 0.2) is 5.82 Å². The molecule has 2 aromatic carbocycles. The van der Waals surface area contributed by atoms with Crippen LogP contribution in [0.2, 0.25) is 5.02 Å². The summed E-state index contributed by atoms with van der Waals surface area (Å²) < 4.78 is 16.4. The van der Waals surface area contributed by atoms with E-state index in [2.05, 4.69) is 15.5 Å². The molecule has 0 aliphatic carbocycles. The molecule has 0 saturated carbocycles. The lowest BCUT2D eigenvalue weighted by Crippen LogP contribution is -2.13. The van der Waals surface area contributed by atoms with Gasteiger partial charge in [0, 0.05) is 22.8 Å². The normalized spacial score (nSPS) is 10.9. The number of rotatable bonds is 7. The first-order valence-electron chi connectivity index (χ1n) is 10.3. The molecule has 1 N–H and O–H groups in total. The van der Waals surface area contributed by atoms with Crippen LogP contribution in [0, 0.1) is 29.8 Å². The largest absolute Gasteiger partial charge is 0.312 e. The molecule has 174 valence electrons. The van der Waals surface area contributed by atoms with E-state index in [0.29, 0.717) is 46.4 Å². The summed E-state index contributed by atoms with van der Waals surface area (Å²) in [6.45, 7) is 3.93. The Morgan fingerprint density at radius 1 is 1.12 bits per heavy atom. The van der Waals surface area contributed by atoms with E-state index in [1.54, 1.807) is 65.8 Å². The number of benzene rings is 2. The number of nitrogens with zero attached hydrogens (tertiary/aromatic N) is 5. The van der Waals surface area contributed by atoms with E-state index in [9.17, 15) is 19.3 Å². The fourth-order valence-corrected chi connectivity index (χ4v) is 3.80. The summed E-state index contributed by atoms with van der Waals surface area (Å²) in [6.07, 6.45) is 1.69. The predicted molar refractivity (Wildman–Crippen MR) is 125 cm³/mol. The van der Waals surface area contributed by atoms with E-state index in [0.717, 1.165) is 5.56 Å². The molecule has 9 nitrogen and oxygen atoms in total. The highest BCUT2D eigenvalue weighted by molar-refractivity contribution is 6.31. The van der Waals surface area contributed by atoms with Crippen LogP contribution >= 0.6 is 11.6 Å². The van der Waals surface area contributed by atoms with Gasteiger partial charge >= 0.3 is 5.69 Å². The first-order chi connectivity index (χ1) is 16.2. The minimum atomic E-state index is -0.433. The van der Waals surface area contributed by atoms with Gasteiger partial charge in [0.2, 0.25) is 0 Å². The summed E-state index contributed by atoms with van der Waals surface area (Å²) in [6, 6.07) is 12.7. The van der Waals surface area contributed by atoms with Gasteiger partial charge in [-0.2, -0.15) is 10.2 Å². The van der Waals surface area contributed by atoms with Crippen molar-refractivity contribution < 1.29 is 14.1 Å². The second-order valence-corrected chi connectivity index (χ2v) is 8.13. The smallest absolute Gasteiger partial charge is 0.305 e. The van der Waals surface area contributed by atoms with Crippen LogP contribution in [-0.4, -0.2) is 30.4 Å². The van der Waals surface area contributed by atoms with E-state index in [-0.39, 0.29) is 11.6 Å². The molecule has 2 heterocycles. The zero-order valence-electron chi connectivity index (χ0n) is 18.3. The van der Waals surface area contributed by atoms with Crippen LogP contribution in [-0.2, 0) is 13.1 Å². The van der Waals surface area contributed by atoms with Crippen molar-refractivity contribution in [2.24, 2.45) is 0 Å². The molecule has 4 aromatic rings. The van der Waals surface area contributed by atoms with Gasteiger partial charge in [0.25, 0.3) is 5.91 Å². The third-order valence-corrected chi connectivity index (χ3v) is 5.66. The number of amides is 1. The number of carbonyl (C=O) groups excluding carboxylic acids is 1. The van der Waals surface area contributed by atoms with Gasteiger partial charge < -0.3 is 5.32 Å². The van der Waals surface area contributed by atoms with Gasteiger partial charge in [-0.05, 0) is 49.2 Å². The first-order valence-corrected chi connectivity index (χ1v) is 10.6. The molecule has 34 heavy (non-hydrogen) atoms. The van der Waals surface area contributed by atoms with E-state index < -0.39 is 10.7 Å². The Balaban J connectivity index is 1.40. The number of nitro groups is 1.